The fourth-order valence-electron chi connectivity index (χ4n) is 2.39. The van der Waals surface area contributed by atoms with Gasteiger partial charge in [-0.15, -0.1) is 0 Å². The maximum Gasteiger partial charge on any atom is 0.524 e. The van der Waals surface area contributed by atoms with E-state index >= 15 is 0 Å². The number of ether oxygens (including phenoxy) is 1. The van der Waals surface area contributed by atoms with E-state index in [-0.39, 0.29) is 24.3 Å². The molecule has 29 heavy (non-hydrogen) atoms. The maximum atomic E-state index is 12.2. The van der Waals surface area contributed by atoms with Gasteiger partial charge in [-0.25, -0.2) is 9.36 Å². The number of esters is 1. The number of carboxylic acids is 1. The number of aliphatic carboxylic acids is 1. The van der Waals surface area contributed by atoms with Crippen molar-refractivity contribution in [2.24, 2.45) is 11.5 Å². The molecule has 11 heteroatoms. The zero-order valence-electron chi connectivity index (χ0n) is 15.2. The summed E-state index contributed by atoms with van der Waals surface area (Å²) in [4.78, 5) is 40.4. The molecule has 0 aromatic heterocycles. The van der Waals surface area contributed by atoms with Crippen LogP contribution in [0, 0.1) is 0 Å². The lowest BCUT2D eigenvalue weighted by atomic mass is 10.1. The molecule has 2 atom stereocenters. The normalized spacial score (nSPS) is 13.4. The fraction of sp³-hybridized carbons (Fsp3) is 0.222. The van der Waals surface area contributed by atoms with E-state index in [2.05, 4.69) is 4.52 Å². The molecule has 2 rings (SSSR count). The first-order valence-electron chi connectivity index (χ1n) is 8.42. The molecule has 0 saturated carbocycles. The molecule has 156 valence electrons. The number of rotatable bonds is 9. The number of carbonyl (C=O) groups excluding carboxylic acids is 1. The summed E-state index contributed by atoms with van der Waals surface area (Å²) < 4.78 is 20.4. The van der Waals surface area contributed by atoms with Gasteiger partial charge in [-0.1, -0.05) is 24.3 Å². The summed E-state index contributed by atoms with van der Waals surface area (Å²) >= 11 is 0. The zero-order valence-corrected chi connectivity index (χ0v) is 16.1. The molecule has 0 aliphatic carbocycles. The highest BCUT2D eigenvalue weighted by atomic mass is 31.2. The van der Waals surface area contributed by atoms with Crippen molar-refractivity contribution in [3.8, 4) is 11.5 Å². The summed E-state index contributed by atoms with van der Waals surface area (Å²) in [5.41, 5.74) is 12.7. The van der Waals surface area contributed by atoms with Crippen molar-refractivity contribution in [2.75, 3.05) is 0 Å². The highest BCUT2D eigenvalue weighted by molar-refractivity contribution is 7.46. The van der Waals surface area contributed by atoms with Crippen molar-refractivity contribution in [3.05, 3.63) is 59.7 Å². The Hall–Kier alpha value is -2.75. The van der Waals surface area contributed by atoms with Crippen LogP contribution in [0.1, 0.15) is 11.1 Å². The molecule has 0 aliphatic rings. The van der Waals surface area contributed by atoms with Crippen LogP contribution >= 0.6 is 7.82 Å². The Labute approximate surface area is 166 Å². The van der Waals surface area contributed by atoms with Crippen molar-refractivity contribution in [1.29, 1.82) is 0 Å². The van der Waals surface area contributed by atoms with Crippen LogP contribution in [0.2, 0.25) is 0 Å². The number of phosphoric ester groups is 1. The Morgan fingerprint density at radius 3 is 1.76 bits per heavy atom. The molecule has 10 nitrogen and oxygen atoms in total. The molecule has 0 spiro atoms. The summed E-state index contributed by atoms with van der Waals surface area (Å²) in [7, 11) is -4.64. The quantitative estimate of drug-likeness (QED) is 0.217. The monoisotopic (exact) mass is 424 g/mol. The minimum atomic E-state index is -4.64. The Bertz CT molecular complexity index is 895. The smallest absolute Gasteiger partial charge is 0.480 e. The Morgan fingerprint density at radius 1 is 0.862 bits per heavy atom. The van der Waals surface area contributed by atoms with Crippen molar-refractivity contribution < 1.29 is 38.3 Å². The first-order chi connectivity index (χ1) is 13.5. The predicted octanol–water partition coefficient (Wildman–Crippen LogP) is 0.588. The van der Waals surface area contributed by atoms with Crippen LogP contribution in [0.5, 0.6) is 11.5 Å². The number of benzene rings is 2. The number of nitrogens with two attached hydrogens (primary N) is 2. The van der Waals surface area contributed by atoms with Crippen LogP contribution in [0.15, 0.2) is 48.5 Å². The summed E-state index contributed by atoms with van der Waals surface area (Å²) in [6, 6.07) is 10.0. The molecule has 7 N–H and O–H groups in total. The number of phosphoric acid groups is 1. The van der Waals surface area contributed by atoms with Gasteiger partial charge in [0, 0.05) is 0 Å². The highest BCUT2D eigenvalue weighted by Crippen LogP contribution is 2.37. The average Bonchev–Trinajstić information content (AvgIpc) is 2.63. The van der Waals surface area contributed by atoms with Crippen molar-refractivity contribution >= 4 is 19.8 Å². The highest BCUT2D eigenvalue weighted by Gasteiger charge is 2.19. The van der Waals surface area contributed by atoms with Gasteiger partial charge in [-0.3, -0.25) is 14.6 Å². The zero-order chi connectivity index (χ0) is 21.6. The second-order valence-corrected chi connectivity index (χ2v) is 7.41. The minimum absolute atomic E-state index is 0.0130. The molecule has 0 bridgehead atoms. The third kappa shape index (κ3) is 7.65. The molecule has 2 aromatic carbocycles. The lowest BCUT2D eigenvalue weighted by molar-refractivity contribution is -0.138. The summed E-state index contributed by atoms with van der Waals surface area (Å²) in [6.07, 6.45) is 0.283. The maximum absolute atomic E-state index is 12.2. The molecular weight excluding hydrogens is 403 g/mol. The van der Waals surface area contributed by atoms with Gasteiger partial charge in [0.2, 0.25) is 0 Å². The van der Waals surface area contributed by atoms with Crippen LogP contribution < -0.4 is 20.7 Å². The van der Waals surface area contributed by atoms with E-state index in [1.54, 1.807) is 12.1 Å². The summed E-state index contributed by atoms with van der Waals surface area (Å²) in [6.45, 7) is 0. The molecular formula is C18H21N2O8P. The third-order valence-electron chi connectivity index (χ3n) is 3.82. The molecule has 0 amide bonds. The van der Waals surface area contributed by atoms with E-state index in [1.807, 2.05) is 0 Å². The van der Waals surface area contributed by atoms with E-state index in [0.717, 1.165) is 0 Å². The van der Waals surface area contributed by atoms with E-state index in [9.17, 15) is 14.2 Å². The van der Waals surface area contributed by atoms with Gasteiger partial charge >= 0.3 is 19.8 Å². The van der Waals surface area contributed by atoms with Crippen molar-refractivity contribution in [1.82, 2.24) is 0 Å². The molecule has 0 heterocycles. The van der Waals surface area contributed by atoms with Gasteiger partial charge in [-0.2, -0.15) is 0 Å². The number of carbonyl (C=O) groups is 2. The first kappa shape index (κ1) is 22.5. The molecule has 0 aliphatic heterocycles. The van der Waals surface area contributed by atoms with Crippen LogP contribution in [0.3, 0.4) is 0 Å². The minimum Gasteiger partial charge on any atom is -0.480 e. The van der Waals surface area contributed by atoms with Crippen LogP contribution in [0.4, 0.5) is 0 Å². The number of carboxylic acid groups (broad SMARTS) is 1. The van der Waals surface area contributed by atoms with Crippen LogP contribution in [-0.2, 0) is 27.0 Å². The third-order valence-corrected chi connectivity index (χ3v) is 4.27. The predicted molar refractivity (Wildman–Crippen MR) is 102 cm³/mol. The standard InChI is InChI=1S/C18H21N2O8P/c19-15(17(21)22)9-11-1-5-13(6-2-11)27-18(23)16(20)10-12-3-7-14(8-4-12)28-29(24,25)26/h1-8,15-16H,9-10,19-20H2,(H,21,22)(H2,24,25,26)/t15-,16-/m0/s1. The first-order valence-corrected chi connectivity index (χ1v) is 9.95. The van der Waals surface area contributed by atoms with Crippen molar-refractivity contribution in [3.63, 3.8) is 0 Å². The van der Waals surface area contributed by atoms with Crippen molar-refractivity contribution in [2.45, 2.75) is 24.9 Å². The van der Waals surface area contributed by atoms with E-state index in [1.165, 1.54) is 36.4 Å². The van der Waals surface area contributed by atoms with E-state index in [0.29, 0.717) is 11.1 Å². The molecule has 0 unspecified atom stereocenters. The van der Waals surface area contributed by atoms with Crippen LogP contribution in [0.25, 0.3) is 0 Å². The lowest BCUT2D eigenvalue weighted by Gasteiger charge is -2.13. The van der Waals surface area contributed by atoms with Gasteiger partial charge in [0.05, 0.1) is 0 Å². The van der Waals surface area contributed by atoms with E-state index < -0.39 is 31.8 Å². The Morgan fingerprint density at radius 2 is 1.31 bits per heavy atom. The largest absolute Gasteiger partial charge is 0.524 e. The van der Waals surface area contributed by atoms with Gasteiger partial charge < -0.3 is 25.8 Å². The fourth-order valence-corrected chi connectivity index (χ4v) is 2.78. The second-order valence-electron chi connectivity index (χ2n) is 6.25. The Kier molecular flexibility index (Phi) is 7.49. The SMILES string of the molecule is N[C@@H](Cc1ccc(OC(=O)[C@@H](N)Cc2ccc(OP(=O)(O)O)cc2)cc1)C(=O)O. The second kappa shape index (κ2) is 9.64. The molecule has 2 aromatic rings. The summed E-state index contributed by atoms with van der Waals surface area (Å²) in [5.74, 6) is -1.53. The molecule has 0 saturated heterocycles. The van der Waals surface area contributed by atoms with Gasteiger partial charge in [0.25, 0.3) is 0 Å². The molecule has 0 radical (unpaired) electrons. The number of hydrogen-bond acceptors (Lipinski definition) is 7. The summed E-state index contributed by atoms with van der Waals surface area (Å²) in [5, 5.41) is 8.81. The van der Waals surface area contributed by atoms with Gasteiger partial charge in [0.15, 0.2) is 0 Å². The number of hydrogen-bond donors (Lipinski definition) is 5. The topological polar surface area (TPSA) is 182 Å². The van der Waals surface area contributed by atoms with Gasteiger partial charge in [0.1, 0.15) is 23.6 Å². The van der Waals surface area contributed by atoms with Crippen LogP contribution in [-0.4, -0.2) is 38.9 Å². The molecule has 0 fully saturated rings. The lowest BCUT2D eigenvalue weighted by Crippen LogP contribution is -2.36. The van der Waals surface area contributed by atoms with E-state index in [4.69, 9.17) is 31.1 Å². The average molecular weight is 424 g/mol. The Balaban J connectivity index is 1.90. The van der Waals surface area contributed by atoms with Gasteiger partial charge in [-0.05, 0) is 48.2 Å².